The molecule has 3 heteroatoms. The molecule has 0 bridgehead atoms. The van der Waals surface area contributed by atoms with Crippen molar-refractivity contribution in [3.63, 3.8) is 0 Å². The van der Waals surface area contributed by atoms with Crippen molar-refractivity contribution >= 4 is 5.78 Å². The van der Waals surface area contributed by atoms with Gasteiger partial charge < -0.3 is 0 Å². The molecule has 2 atom stereocenters. The first-order valence-corrected chi connectivity index (χ1v) is 6.90. The van der Waals surface area contributed by atoms with Gasteiger partial charge in [0.2, 0.25) is 0 Å². The maximum Gasteiger partial charge on any atom is 0.150 e. The van der Waals surface area contributed by atoms with Gasteiger partial charge in [-0.3, -0.25) is 14.8 Å². The lowest BCUT2D eigenvalue weighted by Gasteiger charge is -2.16. The summed E-state index contributed by atoms with van der Waals surface area (Å²) in [5, 5.41) is 0. The quantitative estimate of drug-likeness (QED) is 0.851. The topological polar surface area (TPSA) is 42.9 Å². The van der Waals surface area contributed by atoms with Crippen LogP contribution in [0.4, 0.5) is 0 Å². The molecule has 104 valence electrons. The van der Waals surface area contributed by atoms with E-state index in [1.54, 1.807) is 0 Å². The Hall–Kier alpha value is -2.03. The minimum atomic E-state index is -0.216. The Balaban J connectivity index is 2.22. The Kier molecular flexibility index (Phi) is 4.28. The molecule has 0 amide bonds. The second-order valence-electron chi connectivity index (χ2n) is 5.25. The summed E-state index contributed by atoms with van der Waals surface area (Å²) in [6.07, 6.45) is 0. The zero-order valence-corrected chi connectivity index (χ0v) is 12.4. The maximum atomic E-state index is 12.6. The number of rotatable bonds is 4. The summed E-state index contributed by atoms with van der Waals surface area (Å²) in [6.45, 7) is 7.70. The molecule has 0 spiro atoms. The largest absolute Gasteiger partial charge is 0.298 e. The standard InChI is InChI=1S/C17H20N2O/c1-11-7-5-9-15(18-11)13(3)17(20)14(4)16-10-6-8-12(2)19-16/h5-10,13-14H,1-4H3. The van der Waals surface area contributed by atoms with E-state index in [0.29, 0.717) is 0 Å². The van der Waals surface area contributed by atoms with Crippen molar-refractivity contribution in [3.8, 4) is 0 Å². The SMILES string of the molecule is Cc1cccc(C(C)C(=O)C(C)c2cccc(C)n2)n1. The monoisotopic (exact) mass is 268 g/mol. The van der Waals surface area contributed by atoms with E-state index in [-0.39, 0.29) is 17.6 Å². The van der Waals surface area contributed by atoms with Crippen molar-refractivity contribution in [2.24, 2.45) is 0 Å². The number of nitrogens with zero attached hydrogens (tertiary/aromatic N) is 2. The molecule has 20 heavy (non-hydrogen) atoms. The van der Waals surface area contributed by atoms with E-state index in [9.17, 15) is 4.79 Å². The predicted molar refractivity (Wildman–Crippen MR) is 79.8 cm³/mol. The van der Waals surface area contributed by atoms with Crippen LogP contribution in [-0.2, 0) is 4.79 Å². The fraction of sp³-hybridized carbons (Fsp3) is 0.353. The number of ketones is 1. The lowest BCUT2D eigenvalue weighted by atomic mass is 9.90. The van der Waals surface area contributed by atoms with Crippen molar-refractivity contribution in [2.75, 3.05) is 0 Å². The van der Waals surface area contributed by atoms with Gasteiger partial charge >= 0.3 is 0 Å². The third-order valence-corrected chi connectivity index (χ3v) is 3.56. The molecule has 0 aliphatic carbocycles. The summed E-state index contributed by atoms with van der Waals surface area (Å²) in [5.74, 6) is -0.277. The molecule has 2 aromatic rings. The molecule has 0 N–H and O–H groups in total. The number of hydrogen-bond acceptors (Lipinski definition) is 3. The Morgan fingerprint density at radius 2 is 1.25 bits per heavy atom. The molecule has 2 rings (SSSR count). The predicted octanol–water partition coefficient (Wildman–Crippen LogP) is 3.57. The van der Waals surface area contributed by atoms with Crippen LogP contribution < -0.4 is 0 Å². The van der Waals surface area contributed by atoms with Gasteiger partial charge in [0, 0.05) is 11.4 Å². The molecule has 3 nitrogen and oxygen atoms in total. The van der Waals surface area contributed by atoms with Crippen LogP contribution in [0.3, 0.4) is 0 Å². The highest BCUT2D eigenvalue weighted by atomic mass is 16.1. The van der Waals surface area contributed by atoms with Crippen LogP contribution in [0.25, 0.3) is 0 Å². The molecular weight excluding hydrogens is 248 g/mol. The van der Waals surface area contributed by atoms with E-state index in [1.807, 2.05) is 64.1 Å². The second kappa shape index (κ2) is 5.95. The first-order valence-electron chi connectivity index (χ1n) is 6.90. The lowest BCUT2D eigenvalue weighted by molar-refractivity contribution is -0.121. The van der Waals surface area contributed by atoms with Crippen LogP contribution in [0.1, 0.15) is 48.5 Å². The van der Waals surface area contributed by atoms with Gasteiger partial charge in [-0.25, -0.2) is 0 Å². The molecular formula is C17H20N2O. The summed E-state index contributed by atoms with van der Waals surface area (Å²) >= 11 is 0. The van der Waals surface area contributed by atoms with Gasteiger partial charge in [0.1, 0.15) is 5.78 Å². The second-order valence-corrected chi connectivity index (χ2v) is 5.25. The van der Waals surface area contributed by atoms with Crippen molar-refractivity contribution in [1.82, 2.24) is 9.97 Å². The van der Waals surface area contributed by atoms with Crippen LogP contribution in [0.5, 0.6) is 0 Å². The average Bonchev–Trinajstić information content (AvgIpc) is 2.45. The van der Waals surface area contributed by atoms with Gasteiger partial charge in [-0.1, -0.05) is 12.1 Å². The van der Waals surface area contributed by atoms with Crippen molar-refractivity contribution in [1.29, 1.82) is 0 Å². The Bertz CT molecular complexity index is 568. The number of Topliss-reactive ketones (excluding diaryl/α,β-unsaturated/α-hetero) is 1. The van der Waals surface area contributed by atoms with Crippen molar-refractivity contribution < 1.29 is 4.79 Å². The molecule has 0 aliphatic heterocycles. The molecule has 2 heterocycles. The highest BCUT2D eigenvalue weighted by molar-refractivity contribution is 5.90. The molecule has 0 fully saturated rings. The number of aryl methyl sites for hydroxylation is 2. The fourth-order valence-corrected chi connectivity index (χ4v) is 2.28. The summed E-state index contributed by atoms with van der Waals surface area (Å²) in [5.41, 5.74) is 3.52. The highest BCUT2D eigenvalue weighted by Crippen LogP contribution is 2.24. The van der Waals surface area contributed by atoms with E-state index in [2.05, 4.69) is 9.97 Å². The van der Waals surface area contributed by atoms with Crippen molar-refractivity contribution in [2.45, 2.75) is 39.5 Å². The number of hydrogen-bond donors (Lipinski definition) is 0. The minimum absolute atomic E-state index is 0.154. The number of aromatic nitrogens is 2. The molecule has 0 saturated carbocycles. The van der Waals surface area contributed by atoms with Crippen LogP contribution in [-0.4, -0.2) is 15.8 Å². The van der Waals surface area contributed by atoms with Crippen LogP contribution in [0.2, 0.25) is 0 Å². The molecule has 2 unspecified atom stereocenters. The smallest absolute Gasteiger partial charge is 0.150 e. The van der Waals surface area contributed by atoms with Crippen LogP contribution in [0.15, 0.2) is 36.4 Å². The Morgan fingerprint density at radius 1 is 0.850 bits per heavy atom. The molecule has 2 aromatic heterocycles. The summed E-state index contributed by atoms with van der Waals surface area (Å²) in [7, 11) is 0. The zero-order valence-electron chi connectivity index (χ0n) is 12.4. The van der Waals surface area contributed by atoms with Crippen molar-refractivity contribution in [3.05, 3.63) is 59.2 Å². The number of pyridine rings is 2. The zero-order chi connectivity index (χ0) is 14.7. The van der Waals surface area contributed by atoms with E-state index < -0.39 is 0 Å². The third-order valence-electron chi connectivity index (χ3n) is 3.56. The third kappa shape index (κ3) is 3.10. The summed E-state index contributed by atoms with van der Waals surface area (Å²) in [4.78, 5) is 21.5. The van der Waals surface area contributed by atoms with Gasteiger partial charge in [-0.2, -0.15) is 0 Å². The van der Waals surface area contributed by atoms with Gasteiger partial charge in [-0.15, -0.1) is 0 Å². The molecule has 0 aliphatic rings. The average molecular weight is 268 g/mol. The normalized spacial score (nSPS) is 13.8. The summed E-state index contributed by atoms with van der Waals surface area (Å²) < 4.78 is 0. The first-order chi connectivity index (χ1) is 9.49. The minimum Gasteiger partial charge on any atom is -0.298 e. The lowest BCUT2D eigenvalue weighted by Crippen LogP contribution is -2.18. The van der Waals surface area contributed by atoms with E-state index >= 15 is 0 Å². The molecule has 0 saturated heterocycles. The maximum absolute atomic E-state index is 12.6. The van der Waals surface area contributed by atoms with Gasteiger partial charge in [0.15, 0.2) is 0 Å². The highest BCUT2D eigenvalue weighted by Gasteiger charge is 2.24. The number of carbonyl (C=O) groups is 1. The van der Waals surface area contributed by atoms with Crippen LogP contribution >= 0.6 is 0 Å². The Labute approximate surface area is 120 Å². The van der Waals surface area contributed by atoms with E-state index in [4.69, 9.17) is 0 Å². The van der Waals surface area contributed by atoms with Crippen LogP contribution in [0, 0.1) is 13.8 Å². The fourth-order valence-electron chi connectivity index (χ4n) is 2.28. The molecule has 0 radical (unpaired) electrons. The van der Waals surface area contributed by atoms with Gasteiger partial charge in [0.25, 0.3) is 0 Å². The Morgan fingerprint density at radius 3 is 1.60 bits per heavy atom. The number of carbonyl (C=O) groups excluding carboxylic acids is 1. The van der Waals surface area contributed by atoms with Gasteiger partial charge in [0.05, 0.1) is 23.2 Å². The molecule has 0 aromatic carbocycles. The summed E-state index contributed by atoms with van der Waals surface area (Å²) in [6, 6.07) is 11.6. The van der Waals surface area contributed by atoms with E-state index in [0.717, 1.165) is 22.8 Å². The van der Waals surface area contributed by atoms with E-state index in [1.165, 1.54) is 0 Å². The van der Waals surface area contributed by atoms with Gasteiger partial charge in [-0.05, 0) is 52.0 Å². The first kappa shape index (κ1) is 14.4.